The molecule has 1 heterocycles. The van der Waals surface area contributed by atoms with E-state index in [1.807, 2.05) is 12.2 Å². The van der Waals surface area contributed by atoms with E-state index in [9.17, 15) is 4.39 Å². The molecule has 1 aromatic rings. The summed E-state index contributed by atoms with van der Waals surface area (Å²) in [6, 6.07) is 3.07. The Kier molecular flexibility index (Phi) is 3.90. The molecule has 13 heavy (non-hydrogen) atoms. The van der Waals surface area contributed by atoms with Crippen LogP contribution in [0.25, 0.3) is 6.08 Å². The van der Waals surface area contributed by atoms with Crippen LogP contribution in [0.15, 0.2) is 18.2 Å². The number of hydrogen-bond donors (Lipinski definition) is 0. The molecule has 0 radical (unpaired) electrons. The van der Waals surface area contributed by atoms with E-state index in [1.54, 1.807) is 13.0 Å². The van der Waals surface area contributed by atoms with Gasteiger partial charge in [0.1, 0.15) is 0 Å². The third kappa shape index (κ3) is 3.15. The molecular formula is C10H11ClFN. The number of aryl methyl sites for hydroxylation is 1. The van der Waals surface area contributed by atoms with Gasteiger partial charge < -0.3 is 0 Å². The normalized spacial score (nSPS) is 11.0. The molecule has 0 aromatic carbocycles. The van der Waals surface area contributed by atoms with Gasteiger partial charge in [-0.15, -0.1) is 11.6 Å². The first-order valence-electron chi connectivity index (χ1n) is 4.09. The Labute approximate surface area is 82.3 Å². The maximum Gasteiger partial charge on any atom is 0.213 e. The summed E-state index contributed by atoms with van der Waals surface area (Å²) in [6.07, 6.45) is 4.68. The number of alkyl halides is 1. The van der Waals surface area contributed by atoms with Crippen molar-refractivity contribution in [2.75, 3.05) is 5.88 Å². The maximum atomic E-state index is 12.6. The van der Waals surface area contributed by atoms with Crippen LogP contribution in [0, 0.1) is 12.9 Å². The van der Waals surface area contributed by atoms with E-state index in [2.05, 4.69) is 4.98 Å². The summed E-state index contributed by atoms with van der Waals surface area (Å²) >= 11 is 5.51. The van der Waals surface area contributed by atoms with Crippen LogP contribution in [0.1, 0.15) is 17.7 Å². The maximum absolute atomic E-state index is 12.6. The first-order chi connectivity index (χ1) is 6.24. The van der Waals surface area contributed by atoms with Crippen molar-refractivity contribution in [2.45, 2.75) is 13.3 Å². The highest BCUT2D eigenvalue weighted by atomic mass is 35.5. The van der Waals surface area contributed by atoms with Crippen LogP contribution in [-0.4, -0.2) is 10.9 Å². The van der Waals surface area contributed by atoms with E-state index < -0.39 is 5.95 Å². The molecule has 0 unspecified atom stereocenters. The molecule has 0 aliphatic rings. The van der Waals surface area contributed by atoms with Gasteiger partial charge in [-0.1, -0.05) is 12.2 Å². The standard InChI is InChI=1S/C10H11ClFN/c1-8-9(4-2-3-7-11)5-6-10(12)13-8/h2,4-6H,3,7H2,1H3. The number of pyridine rings is 1. The quantitative estimate of drug-likeness (QED) is 0.538. The predicted octanol–water partition coefficient (Wildman–Crippen LogP) is 3.17. The van der Waals surface area contributed by atoms with Gasteiger partial charge in [0.25, 0.3) is 0 Å². The zero-order valence-corrected chi connectivity index (χ0v) is 8.18. The number of nitrogens with zero attached hydrogens (tertiary/aromatic N) is 1. The van der Waals surface area contributed by atoms with Gasteiger partial charge >= 0.3 is 0 Å². The second-order valence-electron chi connectivity index (χ2n) is 2.69. The lowest BCUT2D eigenvalue weighted by Gasteiger charge is -1.98. The Balaban J connectivity index is 2.77. The van der Waals surface area contributed by atoms with Crippen molar-refractivity contribution in [2.24, 2.45) is 0 Å². The molecule has 0 bridgehead atoms. The van der Waals surface area contributed by atoms with Gasteiger partial charge in [-0.25, -0.2) is 4.98 Å². The van der Waals surface area contributed by atoms with Crippen LogP contribution in [0.3, 0.4) is 0 Å². The van der Waals surface area contributed by atoms with Crippen LogP contribution in [0.2, 0.25) is 0 Å². The number of halogens is 2. The highest BCUT2D eigenvalue weighted by molar-refractivity contribution is 6.17. The van der Waals surface area contributed by atoms with Crippen LogP contribution in [0.4, 0.5) is 4.39 Å². The molecule has 0 amide bonds. The van der Waals surface area contributed by atoms with Crippen LogP contribution in [0.5, 0.6) is 0 Å². The van der Waals surface area contributed by atoms with Crippen molar-refractivity contribution in [3.05, 3.63) is 35.4 Å². The Bertz CT molecular complexity index is 310. The first-order valence-corrected chi connectivity index (χ1v) is 4.63. The smallest absolute Gasteiger partial charge is 0.213 e. The Morgan fingerprint density at radius 2 is 2.31 bits per heavy atom. The van der Waals surface area contributed by atoms with Crippen molar-refractivity contribution in [1.29, 1.82) is 0 Å². The molecule has 0 N–H and O–H groups in total. The minimum Gasteiger partial charge on any atom is -0.225 e. The zero-order chi connectivity index (χ0) is 9.68. The molecule has 1 rings (SSSR count). The summed E-state index contributed by atoms with van der Waals surface area (Å²) in [6.45, 7) is 1.78. The van der Waals surface area contributed by atoms with E-state index in [1.165, 1.54) is 6.07 Å². The van der Waals surface area contributed by atoms with Crippen molar-refractivity contribution < 1.29 is 4.39 Å². The minimum atomic E-state index is -0.438. The lowest BCUT2D eigenvalue weighted by molar-refractivity contribution is 0.580. The van der Waals surface area contributed by atoms with Gasteiger partial charge in [0.15, 0.2) is 0 Å². The lowest BCUT2D eigenvalue weighted by atomic mass is 10.2. The average Bonchev–Trinajstić information content (AvgIpc) is 2.09. The van der Waals surface area contributed by atoms with Crippen LogP contribution >= 0.6 is 11.6 Å². The highest BCUT2D eigenvalue weighted by Crippen LogP contribution is 2.08. The molecule has 0 aliphatic heterocycles. The Hall–Kier alpha value is -0.890. The number of aromatic nitrogens is 1. The van der Waals surface area contributed by atoms with Gasteiger partial charge in [0.05, 0.1) is 0 Å². The zero-order valence-electron chi connectivity index (χ0n) is 7.43. The third-order valence-electron chi connectivity index (χ3n) is 1.67. The molecule has 1 aromatic heterocycles. The predicted molar refractivity (Wildman–Crippen MR) is 53.3 cm³/mol. The first kappa shape index (κ1) is 10.2. The van der Waals surface area contributed by atoms with E-state index in [0.29, 0.717) is 11.6 Å². The summed E-state index contributed by atoms with van der Waals surface area (Å²) in [5.74, 6) is 0.163. The van der Waals surface area contributed by atoms with Crippen molar-refractivity contribution >= 4 is 17.7 Å². The summed E-state index contributed by atoms with van der Waals surface area (Å²) in [4.78, 5) is 3.70. The Morgan fingerprint density at radius 1 is 1.54 bits per heavy atom. The average molecular weight is 200 g/mol. The van der Waals surface area contributed by atoms with Crippen molar-refractivity contribution in [3.8, 4) is 0 Å². The van der Waals surface area contributed by atoms with Crippen LogP contribution in [-0.2, 0) is 0 Å². The molecule has 0 fully saturated rings. The molecule has 0 saturated heterocycles. The van der Waals surface area contributed by atoms with Crippen molar-refractivity contribution in [3.63, 3.8) is 0 Å². The van der Waals surface area contributed by atoms with Gasteiger partial charge in [-0.3, -0.25) is 0 Å². The molecule has 0 spiro atoms. The molecule has 3 heteroatoms. The van der Waals surface area contributed by atoms with E-state index in [0.717, 1.165) is 12.0 Å². The number of rotatable bonds is 3. The monoisotopic (exact) mass is 199 g/mol. The molecule has 70 valence electrons. The van der Waals surface area contributed by atoms with Gasteiger partial charge in [-0.2, -0.15) is 4.39 Å². The van der Waals surface area contributed by atoms with Crippen LogP contribution < -0.4 is 0 Å². The molecular weight excluding hydrogens is 189 g/mol. The van der Waals surface area contributed by atoms with Gasteiger partial charge in [0.2, 0.25) is 5.95 Å². The summed E-state index contributed by atoms with van der Waals surface area (Å²) in [5.41, 5.74) is 1.64. The number of hydrogen-bond acceptors (Lipinski definition) is 1. The second kappa shape index (κ2) is 4.97. The lowest BCUT2D eigenvalue weighted by Crippen LogP contribution is -1.89. The van der Waals surface area contributed by atoms with E-state index >= 15 is 0 Å². The summed E-state index contributed by atoms with van der Waals surface area (Å²) in [7, 11) is 0. The van der Waals surface area contributed by atoms with Gasteiger partial charge in [-0.05, 0) is 31.0 Å². The topological polar surface area (TPSA) is 12.9 Å². The molecule has 0 atom stereocenters. The SMILES string of the molecule is Cc1nc(F)ccc1C=CCCCl. The summed E-state index contributed by atoms with van der Waals surface area (Å²) in [5, 5.41) is 0. The van der Waals surface area contributed by atoms with E-state index in [-0.39, 0.29) is 0 Å². The second-order valence-corrected chi connectivity index (χ2v) is 3.07. The minimum absolute atomic E-state index is 0.438. The molecule has 0 aliphatic carbocycles. The largest absolute Gasteiger partial charge is 0.225 e. The summed E-state index contributed by atoms with van der Waals surface area (Å²) < 4.78 is 12.6. The van der Waals surface area contributed by atoms with E-state index in [4.69, 9.17) is 11.6 Å². The fourth-order valence-electron chi connectivity index (χ4n) is 0.991. The van der Waals surface area contributed by atoms with Gasteiger partial charge in [0, 0.05) is 11.6 Å². The number of allylic oxidation sites excluding steroid dienone is 1. The Morgan fingerprint density at radius 3 is 2.92 bits per heavy atom. The molecule has 0 saturated carbocycles. The fourth-order valence-corrected chi connectivity index (χ4v) is 1.12. The highest BCUT2D eigenvalue weighted by Gasteiger charge is 1.96. The third-order valence-corrected chi connectivity index (χ3v) is 1.88. The molecule has 1 nitrogen and oxygen atoms in total. The fraction of sp³-hybridized carbons (Fsp3) is 0.300. The van der Waals surface area contributed by atoms with Crippen molar-refractivity contribution in [1.82, 2.24) is 4.98 Å².